The van der Waals surface area contributed by atoms with E-state index in [4.69, 9.17) is 8.92 Å². The first-order valence-corrected chi connectivity index (χ1v) is 5.42. The Bertz CT molecular complexity index is 261. The third kappa shape index (κ3) is 2.68. The molecule has 1 heterocycles. The zero-order valence-corrected chi connectivity index (χ0v) is 9.59. The lowest BCUT2D eigenvalue weighted by atomic mass is 10.2. The number of nitrogens with zero attached hydrogens (tertiary/aromatic N) is 1. The monoisotopic (exact) mass is 221 g/mol. The fraction of sp³-hybridized carbons (Fsp3) is 0.875. The van der Waals surface area contributed by atoms with Crippen molar-refractivity contribution in [3.05, 3.63) is 0 Å². The molecule has 82 valence electrons. The number of carbonyl (C=O) groups is 1. The van der Waals surface area contributed by atoms with Crippen LogP contribution in [0, 0.1) is 0 Å². The molecule has 0 aromatic heterocycles. The molecule has 1 aliphatic heterocycles. The van der Waals surface area contributed by atoms with Crippen LogP contribution >= 0.6 is 0 Å². The Morgan fingerprint density at radius 2 is 2.14 bits per heavy atom. The highest BCUT2D eigenvalue weighted by Gasteiger charge is 2.36. The van der Waals surface area contributed by atoms with Crippen molar-refractivity contribution in [1.82, 2.24) is 4.31 Å². The van der Waals surface area contributed by atoms with Crippen molar-refractivity contribution in [2.75, 3.05) is 6.61 Å². The van der Waals surface area contributed by atoms with Crippen molar-refractivity contribution in [2.24, 2.45) is 0 Å². The van der Waals surface area contributed by atoms with Crippen LogP contribution in [0.1, 0.15) is 27.7 Å². The molecular weight excluding hydrogens is 206 g/mol. The maximum atomic E-state index is 11.5. The predicted molar refractivity (Wildman–Crippen MR) is 51.6 cm³/mol. The highest BCUT2D eigenvalue weighted by atomic mass is 32.2. The molecule has 2 atom stereocenters. The van der Waals surface area contributed by atoms with Crippen molar-refractivity contribution >= 4 is 17.4 Å². The summed E-state index contributed by atoms with van der Waals surface area (Å²) in [5.74, 6) is 0. The Kier molecular flexibility index (Phi) is 3.16. The Labute approximate surface area is 86.2 Å². The minimum Gasteiger partial charge on any atom is -0.443 e. The van der Waals surface area contributed by atoms with Crippen LogP contribution in [0.25, 0.3) is 0 Å². The van der Waals surface area contributed by atoms with Crippen LogP contribution in [0.4, 0.5) is 4.79 Å². The molecule has 0 spiro atoms. The average Bonchev–Trinajstić information content (AvgIpc) is 2.27. The second kappa shape index (κ2) is 3.86. The summed E-state index contributed by atoms with van der Waals surface area (Å²) in [7, 11) is 0. The first-order valence-electron chi connectivity index (χ1n) is 4.38. The van der Waals surface area contributed by atoms with Gasteiger partial charge in [-0.2, -0.15) is 4.31 Å². The third-order valence-electron chi connectivity index (χ3n) is 1.54. The van der Waals surface area contributed by atoms with E-state index in [-0.39, 0.29) is 12.6 Å². The van der Waals surface area contributed by atoms with Crippen molar-refractivity contribution in [2.45, 2.75) is 39.3 Å². The van der Waals surface area contributed by atoms with Gasteiger partial charge in [0.05, 0.1) is 12.6 Å². The van der Waals surface area contributed by atoms with Crippen molar-refractivity contribution in [1.29, 1.82) is 0 Å². The summed E-state index contributed by atoms with van der Waals surface area (Å²) in [6.07, 6.45) is -0.596. The molecule has 2 unspecified atom stereocenters. The molecule has 0 bridgehead atoms. The number of amides is 1. The molecule has 0 radical (unpaired) electrons. The van der Waals surface area contributed by atoms with Crippen LogP contribution < -0.4 is 0 Å². The molecule has 6 heteroatoms. The molecule has 1 rings (SSSR count). The smallest absolute Gasteiger partial charge is 0.424 e. The minimum absolute atomic E-state index is 0.203. The van der Waals surface area contributed by atoms with Gasteiger partial charge in [-0.3, -0.25) is 4.18 Å². The molecule has 5 nitrogen and oxygen atoms in total. The van der Waals surface area contributed by atoms with E-state index in [0.717, 1.165) is 4.31 Å². The van der Waals surface area contributed by atoms with E-state index < -0.39 is 23.0 Å². The lowest BCUT2D eigenvalue weighted by Crippen LogP contribution is -2.39. The Hall–Kier alpha value is -0.620. The van der Waals surface area contributed by atoms with E-state index in [1.807, 2.05) is 0 Å². The fourth-order valence-electron chi connectivity index (χ4n) is 0.976. The number of hydrogen-bond acceptors (Lipinski definition) is 4. The first kappa shape index (κ1) is 11.5. The molecule has 1 aliphatic rings. The van der Waals surface area contributed by atoms with E-state index in [9.17, 15) is 9.00 Å². The Morgan fingerprint density at radius 1 is 1.57 bits per heavy atom. The van der Waals surface area contributed by atoms with Crippen LogP contribution in [0.5, 0.6) is 0 Å². The Morgan fingerprint density at radius 3 is 2.50 bits per heavy atom. The van der Waals surface area contributed by atoms with Gasteiger partial charge < -0.3 is 4.74 Å². The summed E-state index contributed by atoms with van der Waals surface area (Å²) in [6, 6.07) is -0.203. The summed E-state index contributed by atoms with van der Waals surface area (Å²) < 4.78 is 22.2. The third-order valence-corrected chi connectivity index (χ3v) is 2.71. The maximum absolute atomic E-state index is 11.5. The van der Waals surface area contributed by atoms with Gasteiger partial charge in [0.1, 0.15) is 5.60 Å². The van der Waals surface area contributed by atoms with Gasteiger partial charge in [-0.1, -0.05) is 0 Å². The molecule has 14 heavy (non-hydrogen) atoms. The van der Waals surface area contributed by atoms with Gasteiger partial charge in [-0.15, -0.1) is 0 Å². The normalized spacial score (nSPS) is 27.9. The van der Waals surface area contributed by atoms with Gasteiger partial charge in [-0.05, 0) is 27.7 Å². The first-order chi connectivity index (χ1) is 6.31. The van der Waals surface area contributed by atoms with Crippen molar-refractivity contribution in [3.63, 3.8) is 0 Å². The highest BCUT2D eigenvalue weighted by molar-refractivity contribution is 7.78. The quantitative estimate of drug-likeness (QED) is 0.617. The molecule has 1 saturated heterocycles. The predicted octanol–water partition coefficient (Wildman–Crippen LogP) is 1.22. The summed E-state index contributed by atoms with van der Waals surface area (Å²) in [5.41, 5.74) is -0.580. The standard InChI is InChI=1S/C8H15NO4S/c1-6-5-12-14(11)9(6)7(10)13-8(2,3)4/h6H,5H2,1-4H3. The van der Waals surface area contributed by atoms with Gasteiger partial charge in [0.25, 0.3) is 11.3 Å². The summed E-state index contributed by atoms with van der Waals surface area (Å²) in [6.45, 7) is 7.32. The molecular formula is C8H15NO4S. The molecule has 1 fully saturated rings. The van der Waals surface area contributed by atoms with Crippen LogP contribution in [-0.2, 0) is 20.2 Å². The summed E-state index contributed by atoms with van der Waals surface area (Å²) >= 11 is -1.70. The molecule has 0 aliphatic carbocycles. The van der Waals surface area contributed by atoms with Gasteiger partial charge in [-0.25, -0.2) is 9.00 Å². The lowest BCUT2D eigenvalue weighted by Gasteiger charge is -2.24. The van der Waals surface area contributed by atoms with E-state index in [0.29, 0.717) is 0 Å². The molecule has 0 N–H and O–H groups in total. The van der Waals surface area contributed by atoms with Gasteiger partial charge in [0, 0.05) is 0 Å². The molecule has 1 amide bonds. The second-order valence-electron chi connectivity index (χ2n) is 4.16. The largest absolute Gasteiger partial charge is 0.443 e. The fourth-order valence-corrected chi connectivity index (χ4v) is 1.92. The van der Waals surface area contributed by atoms with Crippen LogP contribution in [-0.4, -0.2) is 32.9 Å². The lowest BCUT2D eigenvalue weighted by molar-refractivity contribution is 0.0372. The van der Waals surface area contributed by atoms with Gasteiger partial charge in [0.15, 0.2) is 0 Å². The van der Waals surface area contributed by atoms with Crippen molar-refractivity contribution < 1.29 is 17.9 Å². The molecule has 0 aromatic rings. The second-order valence-corrected chi connectivity index (χ2v) is 5.22. The van der Waals surface area contributed by atoms with Crippen LogP contribution in [0.3, 0.4) is 0 Å². The van der Waals surface area contributed by atoms with E-state index in [1.165, 1.54) is 0 Å². The highest BCUT2D eigenvalue weighted by Crippen LogP contribution is 2.18. The molecule has 0 aromatic carbocycles. The van der Waals surface area contributed by atoms with Gasteiger partial charge in [0.2, 0.25) is 0 Å². The summed E-state index contributed by atoms with van der Waals surface area (Å²) in [4.78, 5) is 11.5. The average molecular weight is 221 g/mol. The Balaban J connectivity index is 2.65. The minimum atomic E-state index is -1.70. The number of rotatable bonds is 0. The zero-order chi connectivity index (χ0) is 10.9. The number of carbonyl (C=O) groups excluding carboxylic acids is 1. The molecule has 0 saturated carbocycles. The SMILES string of the molecule is CC1COS(=O)N1C(=O)OC(C)(C)C. The zero-order valence-electron chi connectivity index (χ0n) is 8.77. The number of ether oxygens (including phenoxy) is 1. The van der Waals surface area contributed by atoms with E-state index >= 15 is 0 Å². The number of hydrogen-bond donors (Lipinski definition) is 0. The topological polar surface area (TPSA) is 55.8 Å². The van der Waals surface area contributed by atoms with E-state index in [1.54, 1.807) is 27.7 Å². The van der Waals surface area contributed by atoms with E-state index in [2.05, 4.69) is 0 Å². The van der Waals surface area contributed by atoms with Crippen LogP contribution in [0.2, 0.25) is 0 Å². The maximum Gasteiger partial charge on any atom is 0.424 e. The van der Waals surface area contributed by atoms with Crippen LogP contribution in [0.15, 0.2) is 0 Å². The van der Waals surface area contributed by atoms with Crippen molar-refractivity contribution in [3.8, 4) is 0 Å². The van der Waals surface area contributed by atoms with Gasteiger partial charge >= 0.3 is 6.09 Å². The summed E-state index contributed by atoms with van der Waals surface area (Å²) in [5, 5.41) is 0.